The molecule has 1 saturated heterocycles. The molecule has 1 aliphatic heterocycles. The van der Waals surface area contributed by atoms with Gasteiger partial charge in [0, 0.05) is 12.6 Å². The van der Waals surface area contributed by atoms with E-state index in [4.69, 9.17) is 11.6 Å². The summed E-state index contributed by atoms with van der Waals surface area (Å²) in [5.74, 6) is 0.863. The molecule has 2 rings (SSSR count). The van der Waals surface area contributed by atoms with Crippen LogP contribution in [0.3, 0.4) is 0 Å². The predicted octanol–water partition coefficient (Wildman–Crippen LogP) is 2.29. The number of hydrogen-bond acceptors (Lipinski definition) is 4. The molecule has 0 saturated carbocycles. The SMILES string of the molecule is CCC1CCCCN1c1cnnc(Cl)n1. The Morgan fingerprint density at radius 2 is 2.40 bits per heavy atom. The molecule has 0 N–H and O–H groups in total. The van der Waals surface area contributed by atoms with Gasteiger partial charge in [0.2, 0.25) is 5.28 Å². The van der Waals surface area contributed by atoms with Gasteiger partial charge in [0.15, 0.2) is 5.82 Å². The van der Waals surface area contributed by atoms with Crippen LogP contribution >= 0.6 is 11.6 Å². The minimum Gasteiger partial charge on any atom is -0.352 e. The smallest absolute Gasteiger partial charge is 0.244 e. The van der Waals surface area contributed by atoms with Crippen LogP contribution in [0.2, 0.25) is 5.28 Å². The number of hydrogen-bond donors (Lipinski definition) is 0. The molecule has 2 heterocycles. The van der Waals surface area contributed by atoms with Crippen LogP contribution in [0.4, 0.5) is 5.82 Å². The highest BCUT2D eigenvalue weighted by atomic mass is 35.5. The first-order valence-electron chi connectivity index (χ1n) is 5.43. The highest BCUT2D eigenvalue weighted by Crippen LogP contribution is 2.24. The van der Waals surface area contributed by atoms with Gasteiger partial charge in [-0.3, -0.25) is 0 Å². The van der Waals surface area contributed by atoms with Crippen molar-refractivity contribution < 1.29 is 0 Å². The number of piperidine rings is 1. The molecule has 82 valence electrons. The fraction of sp³-hybridized carbons (Fsp3) is 0.700. The Labute approximate surface area is 94.7 Å². The van der Waals surface area contributed by atoms with Crippen LogP contribution in [0.1, 0.15) is 32.6 Å². The van der Waals surface area contributed by atoms with E-state index in [1.54, 1.807) is 6.20 Å². The molecule has 0 bridgehead atoms. The van der Waals surface area contributed by atoms with Gasteiger partial charge < -0.3 is 4.90 Å². The van der Waals surface area contributed by atoms with Crippen molar-refractivity contribution in [3.63, 3.8) is 0 Å². The molecule has 0 aliphatic carbocycles. The molecule has 1 unspecified atom stereocenters. The monoisotopic (exact) mass is 226 g/mol. The number of anilines is 1. The summed E-state index contributed by atoms with van der Waals surface area (Å²) in [4.78, 5) is 6.51. The Morgan fingerprint density at radius 1 is 1.53 bits per heavy atom. The van der Waals surface area contributed by atoms with Crippen LogP contribution in [0.15, 0.2) is 6.20 Å². The molecular formula is C10H15ClN4. The molecule has 1 aliphatic rings. The maximum atomic E-state index is 5.74. The molecule has 15 heavy (non-hydrogen) atoms. The molecule has 1 fully saturated rings. The van der Waals surface area contributed by atoms with Gasteiger partial charge in [-0.05, 0) is 37.3 Å². The molecule has 1 aromatic rings. The van der Waals surface area contributed by atoms with Crippen LogP contribution in [0.25, 0.3) is 0 Å². The second-order valence-electron chi connectivity index (χ2n) is 3.83. The third kappa shape index (κ3) is 2.37. The zero-order valence-electron chi connectivity index (χ0n) is 8.86. The van der Waals surface area contributed by atoms with Crippen molar-refractivity contribution in [2.45, 2.75) is 38.6 Å². The Balaban J connectivity index is 2.20. The van der Waals surface area contributed by atoms with Crippen molar-refractivity contribution in [3.8, 4) is 0 Å². The van der Waals surface area contributed by atoms with Crippen LogP contribution in [-0.2, 0) is 0 Å². The van der Waals surface area contributed by atoms with Gasteiger partial charge in [-0.2, -0.15) is 10.1 Å². The highest BCUT2D eigenvalue weighted by molar-refractivity contribution is 6.28. The normalized spacial score (nSPS) is 21.7. The summed E-state index contributed by atoms with van der Waals surface area (Å²) in [6.07, 6.45) is 6.60. The van der Waals surface area contributed by atoms with Crippen molar-refractivity contribution in [1.29, 1.82) is 0 Å². The summed E-state index contributed by atoms with van der Waals surface area (Å²) >= 11 is 5.74. The Kier molecular flexibility index (Phi) is 3.36. The first-order chi connectivity index (χ1) is 7.31. The predicted molar refractivity (Wildman–Crippen MR) is 60.1 cm³/mol. The zero-order chi connectivity index (χ0) is 10.7. The van der Waals surface area contributed by atoms with Gasteiger partial charge in [-0.15, -0.1) is 5.10 Å². The first kappa shape index (κ1) is 10.6. The lowest BCUT2D eigenvalue weighted by molar-refractivity contribution is 0.446. The van der Waals surface area contributed by atoms with E-state index in [9.17, 15) is 0 Å². The molecule has 1 aromatic heterocycles. The van der Waals surface area contributed by atoms with Gasteiger partial charge in [0.1, 0.15) is 0 Å². The average Bonchev–Trinajstić information content (AvgIpc) is 2.29. The summed E-state index contributed by atoms with van der Waals surface area (Å²) in [6, 6.07) is 0.575. The van der Waals surface area contributed by atoms with E-state index >= 15 is 0 Å². The van der Waals surface area contributed by atoms with Gasteiger partial charge >= 0.3 is 0 Å². The molecule has 0 spiro atoms. The number of nitrogens with zero attached hydrogens (tertiary/aromatic N) is 4. The topological polar surface area (TPSA) is 41.9 Å². The lowest BCUT2D eigenvalue weighted by Gasteiger charge is -2.35. The second-order valence-corrected chi connectivity index (χ2v) is 4.17. The van der Waals surface area contributed by atoms with E-state index in [1.165, 1.54) is 19.3 Å². The Morgan fingerprint density at radius 3 is 3.13 bits per heavy atom. The standard InChI is InChI=1S/C10H15ClN4/c1-2-8-5-3-4-6-15(8)9-7-12-14-10(11)13-9/h7-8H,2-6H2,1H3. The number of halogens is 1. The molecule has 0 amide bonds. The van der Waals surface area contributed by atoms with Crippen LogP contribution in [-0.4, -0.2) is 27.8 Å². The Hall–Kier alpha value is -0.900. The lowest BCUT2D eigenvalue weighted by atomic mass is 10.0. The molecule has 4 nitrogen and oxygen atoms in total. The molecule has 5 heteroatoms. The highest BCUT2D eigenvalue weighted by Gasteiger charge is 2.22. The van der Waals surface area contributed by atoms with Crippen LogP contribution in [0.5, 0.6) is 0 Å². The minimum atomic E-state index is 0.230. The Bertz CT molecular complexity index is 331. The fourth-order valence-electron chi connectivity index (χ4n) is 2.14. The summed E-state index contributed by atoms with van der Waals surface area (Å²) in [7, 11) is 0. The summed E-state index contributed by atoms with van der Waals surface area (Å²) in [5.41, 5.74) is 0. The van der Waals surface area contributed by atoms with Crippen molar-refractivity contribution >= 4 is 17.4 Å². The van der Waals surface area contributed by atoms with Crippen LogP contribution < -0.4 is 4.90 Å². The number of aromatic nitrogens is 3. The third-order valence-electron chi connectivity index (χ3n) is 2.91. The van der Waals surface area contributed by atoms with E-state index in [0.29, 0.717) is 6.04 Å². The molecule has 1 atom stereocenters. The minimum absolute atomic E-state index is 0.230. The number of rotatable bonds is 2. The van der Waals surface area contributed by atoms with Crippen molar-refractivity contribution in [3.05, 3.63) is 11.5 Å². The first-order valence-corrected chi connectivity index (χ1v) is 5.81. The molecular weight excluding hydrogens is 212 g/mol. The molecule has 0 aromatic carbocycles. The van der Waals surface area contributed by atoms with E-state index < -0.39 is 0 Å². The largest absolute Gasteiger partial charge is 0.352 e. The summed E-state index contributed by atoms with van der Waals surface area (Å²) in [5, 5.41) is 7.73. The molecule has 0 radical (unpaired) electrons. The van der Waals surface area contributed by atoms with Crippen LogP contribution in [0, 0.1) is 0 Å². The van der Waals surface area contributed by atoms with E-state index in [-0.39, 0.29) is 5.28 Å². The summed E-state index contributed by atoms with van der Waals surface area (Å²) < 4.78 is 0. The third-order valence-corrected chi connectivity index (χ3v) is 3.07. The quantitative estimate of drug-likeness (QED) is 0.776. The van der Waals surface area contributed by atoms with Crippen molar-refractivity contribution in [1.82, 2.24) is 15.2 Å². The second kappa shape index (κ2) is 4.75. The maximum Gasteiger partial charge on any atom is 0.244 e. The lowest BCUT2D eigenvalue weighted by Crippen LogP contribution is -2.39. The fourth-order valence-corrected chi connectivity index (χ4v) is 2.27. The van der Waals surface area contributed by atoms with Gasteiger partial charge in [-0.25, -0.2) is 0 Å². The van der Waals surface area contributed by atoms with Crippen molar-refractivity contribution in [2.24, 2.45) is 0 Å². The van der Waals surface area contributed by atoms with Gasteiger partial charge in [0.25, 0.3) is 0 Å². The van der Waals surface area contributed by atoms with E-state index in [2.05, 4.69) is 27.0 Å². The van der Waals surface area contributed by atoms with Gasteiger partial charge in [-0.1, -0.05) is 6.92 Å². The van der Waals surface area contributed by atoms with E-state index in [1.807, 2.05) is 0 Å². The van der Waals surface area contributed by atoms with Crippen molar-refractivity contribution in [2.75, 3.05) is 11.4 Å². The average molecular weight is 227 g/mol. The van der Waals surface area contributed by atoms with Gasteiger partial charge in [0.05, 0.1) is 6.20 Å². The van der Waals surface area contributed by atoms with E-state index in [0.717, 1.165) is 18.8 Å². The maximum absolute atomic E-state index is 5.74. The zero-order valence-corrected chi connectivity index (χ0v) is 9.61. The summed E-state index contributed by atoms with van der Waals surface area (Å²) in [6.45, 7) is 3.26.